The van der Waals surface area contributed by atoms with Crippen LogP contribution >= 0.6 is 0 Å². The lowest BCUT2D eigenvalue weighted by molar-refractivity contribution is -0.120. The van der Waals surface area contributed by atoms with Crippen molar-refractivity contribution < 1.29 is 19.2 Å². The van der Waals surface area contributed by atoms with E-state index in [0.29, 0.717) is 12.2 Å². The first-order chi connectivity index (χ1) is 11.8. The van der Waals surface area contributed by atoms with Crippen LogP contribution in [0, 0.1) is 0 Å². The Hall–Kier alpha value is -2.90. The van der Waals surface area contributed by atoms with Gasteiger partial charge in [-0.05, 0) is 18.6 Å². The summed E-state index contributed by atoms with van der Waals surface area (Å²) in [6.07, 6.45) is 1.87. The Bertz CT molecular complexity index is 792. The molecule has 132 valence electrons. The zero-order valence-electron chi connectivity index (χ0n) is 14.3. The van der Waals surface area contributed by atoms with Crippen LogP contribution in [0.15, 0.2) is 28.9 Å². The van der Waals surface area contributed by atoms with E-state index < -0.39 is 6.04 Å². The van der Waals surface area contributed by atoms with E-state index in [1.165, 1.54) is 23.2 Å². The third-order valence-electron chi connectivity index (χ3n) is 4.02. The molecule has 0 unspecified atom stereocenters. The minimum Gasteiger partial charge on any atom is -0.506 e. The zero-order chi connectivity index (χ0) is 18.2. The van der Waals surface area contributed by atoms with Crippen molar-refractivity contribution in [1.29, 1.82) is 0 Å². The van der Waals surface area contributed by atoms with Gasteiger partial charge in [0.05, 0.1) is 11.9 Å². The maximum absolute atomic E-state index is 12.6. The highest BCUT2D eigenvalue weighted by molar-refractivity contribution is 6.06. The smallest absolute Gasteiger partial charge is 0.250 e. The largest absolute Gasteiger partial charge is 0.506 e. The Balaban J connectivity index is 1.77. The molecular formula is C17H20N4O4. The maximum atomic E-state index is 12.6. The van der Waals surface area contributed by atoms with Crippen LogP contribution in [0.5, 0.6) is 5.75 Å². The fourth-order valence-corrected chi connectivity index (χ4v) is 2.63. The van der Waals surface area contributed by atoms with Gasteiger partial charge in [0.1, 0.15) is 17.6 Å². The van der Waals surface area contributed by atoms with E-state index in [2.05, 4.69) is 15.5 Å². The van der Waals surface area contributed by atoms with Crippen LogP contribution < -0.4 is 10.2 Å². The number of carbonyl (C=O) groups is 2. The molecule has 2 aromatic rings. The van der Waals surface area contributed by atoms with Crippen molar-refractivity contribution in [3.05, 3.63) is 30.1 Å². The lowest BCUT2D eigenvalue weighted by Gasteiger charge is -2.22. The third kappa shape index (κ3) is 3.47. The fourth-order valence-electron chi connectivity index (χ4n) is 2.63. The lowest BCUT2D eigenvalue weighted by atomic mass is 9.92. The highest BCUT2D eigenvalue weighted by atomic mass is 16.5. The van der Waals surface area contributed by atoms with Gasteiger partial charge in [-0.25, -0.2) is 4.98 Å². The van der Waals surface area contributed by atoms with Crippen LogP contribution in [0.2, 0.25) is 0 Å². The zero-order valence-corrected chi connectivity index (χ0v) is 14.3. The predicted octanol–water partition coefficient (Wildman–Crippen LogP) is 2.21. The molecule has 0 radical (unpaired) electrons. The third-order valence-corrected chi connectivity index (χ3v) is 4.02. The summed E-state index contributed by atoms with van der Waals surface area (Å²) < 4.78 is 5.17. The summed E-state index contributed by atoms with van der Waals surface area (Å²) in [5.41, 5.74) is 0.528. The van der Waals surface area contributed by atoms with E-state index in [1.807, 2.05) is 20.8 Å². The first kappa shape index (κ1) is 16.9. The summed E-state index contributed by atoms with van der Waals surface area (Å²) in [7, 11) is 0. The van der Waals surface area contributed by atoms with Crippen molar-refractivity contribution in [2.75, 3.05) is 10.2 Å². The minimum atomic E-state index is -0.687. The van der Waals surface area contributed by atoms with Crippen LogP contribution in [-0.4, -0.2) is 33.1 Å². The first-order valence-corrected chi connectivity index (χ1v) is 8.01. The van der Waals surface area contributed by atoms with Crippen LogP contribution in [0.3, 0.4) is 0 Å². The van der Waals surface area contributed by atoms with E-state index in [1.54, 1.807) is 6.07 Å². The number of amides is 2. The SMILES string of the molecule is CC(C)(C)c1cc(NC(=O)[C@@H]2CCC(=O)N2c2ccc(O)cn2)on1. The predicted molar refractivity (Wildman–Crippen MR) is 90.2 cm³/mol. The summed E-state index contributed by atoms with van der Waals surface area (Å²) >= 11 is 0. The van der Waals surface area contributed by atoms with Crippen molar-refractivity contribution in [3.63, 3.8) is 0 Å². The van der Waals surface area contributed by atoms with Gasteiger partial charge in [-0.2, -0.15) is 0 Å². The second-order valence-corrected chi connectivity index (χ2v) is 7.01. The molecule has 1 fully saturated rings. The van der Waals surface area contributed by atoms with Gasteiger partial charge < -0.3 is 9.63 Å². The van der Waals surface area contributed by atoms with E-state index >= 15 is 0 Å². The van der Waals surface area contributed by atoms with Crippen LogP contribution in [0.1, 0.15) is 39.3 Å². The monoisotopic (exact) mass is 344 g/mol. The number of nitrogens with zero attached hydrogens (tertiary/aromatic N) is 3. The number of rotatable bonds is 3. The number of hydrogen-bond acceptors (Lipinski definition) is 6. The molecular weight excluding hydrogens is 324 g/mol. The summed E-state index contributed by atoms with van der Waals surface area (Å²) in [4.78, 5) is 30.1. The molecule has 8 heteroatoms. The van der Waals surface area contributed by atoms with Crippen molar-refractivity contribution in [1.82, 2.24) is 10.1 Å². The van der Waals surface area contributed by atoms with Crippen LogP contribution in [-0.2, 0) is 15.0 Å². The highest BCUT2D eigenvalue weighted by Gasteiger charge is 2.38. The molecule has 2 N–H and O–H groups in total. The lowest BCUT2D eigenvalue weighted by Crippen LogP contribution is -2.42. The van der Waals surface area contributed by atoms with Gasteiger partial charge in [0.2, 0.25) is 17.7 Å². The van der Waals surface area contributed by atoms with Crippen LogP contribution in [0.4, 0.5) is 11.7 Å². The summed E-state index contributed by atoms with van der Waals surface area (Å²) in [5, 5.41) is 16.0. The van der Waals surface area contributed by atoms with Gasteiger partial charge in [0.15, 0.2) is 0 Å². The standard InChI is InChI=1S/C17H20N4O4/c1-17(2,3)12-8-14(25-20-12)19-16(24)11-5-7-15(23)21(11)13-6-4-10(22)9-18-13/h4,6,8-9,11,22H,5,7H2,1-3H3,(H,19,24)/t11-/m0/s1. The molecule has 1 saturated heterocycles. The van der Waals surface area contributed by atoms with Gasteiger partial charge >= 0.3 is 0 Å². The number of aromatic nitrogens is 2. The van der Waals surface area contributed by atoms with Gasteiger partial charge in [-0.3, -0.25) is 19.8 Å². The molecule has 0 bridgehead atoms. The molecule has 0 aromatic carbocycles. The summed E-state index contributed by atoms with van der Waals surface area (Å²) in [6, 6.07) is 3.92. The van der Waals surface area contributed by atoms with Gasteiger partial charge in [-0.1, -0.05) is 25.9 Å². The average Bonchev–Trinajstić information content (AvgIpc) is 3.15. The molecule has 0 saturated carbocycles. The van der Waals surface area contributed by atoms with E-state index in [-0.39, 0.29) is 35.3 Å². The molecule has 25 heavy (non-hydrogen) atoms. The molecule has 2 aromatic heterocycles. The minimum absolute atomic E-state index is 0.00670. The fraction of sp³-hybridized carbons (Fsp3) is 0.412. The summed E-state index contributed by atoms with van der Waals surface area (Å²) in [5.74, 6) is 0.0117. The first-order valence-electron chi connectivity index (χ1n) is 8.01. The molecule has 3 rings (SSSR count). The normalized spacial score (nSPS) is 17.8. The van der Waals surface area contributed by atoms with Crippen molar-refractivity contribution in [2.45, 2.75) is 45.1 Å². The summed E-state index contributed by atoms with van der Waals surface area (Å²) in [6.45, 7) is 5.97. The average molecular weight is 344 g/mol. The second kappa shape index (κ2) is 6.19. The van der Waals surface area contributed by atoms with Gasteiger partial charge in [0.25, 0.3) is 0 Å². The Labute approximate surface area is 144 Å². The Morgan fingerprint density at radius 1 is 1.40 bits per heavy atom. The molecule has 0 aliphatic carbocycles. The number of aromatic hydroxyl groups is 1. The number of pyridine rings is 1. The Kier molecular flexibility index (Phi) is 4.20. The highest BCUT2D eigenvalue weighted by Crippen LogP contribution is 2.28. The molecule has 1 aliphatic rings. The molecule has 1 aliphatic heterocycles. The van der Waals surface area contributed by atoms with Crippen molar-refractivity contribution >= 4 is 23.5 Å². The molecule has 8 nitrogen and oxygen atoms in total. The number of nitrogens with one attached hydrogen (secondary N) is 1. The van der Waals surface area contributed by atoms with Crippen molar-refractivity contribution in [2.24, 2.45) is 0 Å². The van der Waals surface area contributed by atoms with E-state index in [4.69, 9.17) is 4.52 Å². The molecule has 3 heterocycles. The van der Waals surface area contributed by atoms with Crippen molar-refractivity contribution in [3.8, 4) is 5.75 Å². The number of anilines is 2. The molecule has 1 atom stereocenters. The Morgan fingerprint density at radius 2 is 2.16 bits per heavy atom. The van der Waals surface area contributed by atoms with Crippen LogP contribution in [0.25, 0.3) is 0 Å². The molecule has 0 spiro atoms. The molecule has 2 amide bonds. The Morgan fingerprint density at radius 3 is 2.76 bits per heavy atom. The topological polar surface area (TPSA) is 109 Å². The maximum Gasteiger partial charge on any atom is 0.250 e. The van der Waals surface area contributed by atoms with Gasteiger partial charge in [-0.15, -0.1) is 0 Å². The van der Waals surface area contributed by atoms with E-state index in [9.17, 15) is 14.7 Å². The van der Waals surface area contributed by atoms with E-state index in [0.717, 1.165) is 5.69 Å². The van der Waals surface area contributed by atoms with Gasteiger partial charge in [0, 0.05) is 17.9 Å². The number of hydrogen-bond donors (Lipinski definition) is 2. The number of carbonyl (C=O) groups excluding carboxylic acids is 2. The second-order valence-electron chi connectivity index (χ2n) is 7.01. The quantitative estimate of drug-likeness (QED) is 0.883.